The average molecular weight is 411 g/mol. The predicted octanol–water partition coefficient (Wildman–Crippen LogP) is 3.16. The maximum atomic E-state index is 12.4. The lowest BCUT2D eigenvalue weighted by molar-refractivity contribution is 0.0527. The van der Waals surface area contributed by atoms with Crippen LogP contribution in [0.5, 0.6) is 0 Å². The normalized spacial score (nSPS) is 17.0. The Hall–Kier alpha value is -2.87. The smallest absolute Gasteiger partial charge is 0.341 e. The number of pyridine rings is 2. The van der Waals surface area contributed by atoms with E-state index in [1.54, 1.807) is 13.1 Å². The topological polar surface area (TPSA) is 91.4 Å². The summed E-state index contributed by atoms with van der Waals surface area (Å²) in [6, 6.07) is 6.29. The van der Waals surface area contributed by atoms with Gasteiger partial charge in [-0.1, -0.05) is 12.8 Å². The number of nitrogens with one attached hydrogen (secondary N) is 3. The molecule has 0 aromatic carbocycles. The molecule has 2 aromatic heterocycles. The van der Waals surface area contributed by atoms with Crippen LogP contribution in [0, 0.1) is 0 Å². The van der Waals surface area contributed by atoms with Gasteiger partial charge in [0, 0.05) is 44.5 Å². The van der Waals surface area contributed by atoms with E-state index >= 15 is 0 Å². The number of nitrogens with zero attached hydrogens (tertiary/aromatic N) is 3. The largest absolute Gasteiger partial charge is 0.462 e. The summed E-state index contributed by atoms with van der Waals surface area (Å²) in [4.78, 5) is 23.6. The molecule has 0 amide bonds. The van der Waals surface area contributed by atoms with E-state index in [2.05, 4.69) is 36.9 Å². The Morgan fingerprint density at radius 2 is 1.93 bits per heavy atom. The van der Waals surface area contributed by atoms with Crippen molar-refractivity contribution in [2.75, 3.05) is 48.3 Å². The highest BCUT2D eigenvalue weighted by Gasteiger charge is 2.20. The molecule has 8 heteroatoms. The molecule has 0 unspecified atom stereocenters. The van der Waals surface area contributed by atoms with Gasteiger partial charge in [0.25, 0.3) is 0 Å². The first-order valence-electron chi connectivity index (χ1n) is 10.9. The number of aromatic nitrogens is 2. The van der Waals surface area contributed by atoms with Gasteiger partial charge in [-0.3, -0.25) is 0 Å². The maximum Gasteiger partial charge on any atom is 0.341 e. The van der Waals surface area contributed by atoms with Crippen LogP contribution < -0.4 is 20.9 Å². The molecule has 0 bridgehead atoms. The Balaban J connectivity index is 1.49. The van der Waals surface area contributed by atoms with Crippen molar-refractivity contribution < 1.29 is 9.53 Å². The Morgan fingerprint density at radius 3 is 2.63 bits per heavy atom. The molecular formula is C22H30N6O2. The molecule has 0 spiro atoms. The Kier molecular flexibility index (Phi) is 6.63. The van der Waals surface area contributed by atoms with Crippen LogP contribution >= 0.6 is 0 Å². The van der Waals surface area contributed by atoms with Gasteiger partial charge in [-0.25, -0.2) is 14.8 Å². The average Bonchev–Trinajstić information content (AvgIpc) is 3.28. The van der Waals surface area contributed by atoms with Gasteiger partial charge in [-0.05, 0) is 31.9 Å². The standard InChI is InChI=1S/C22H30N6O2/c1-2-30-22(29)18-15-25-21(13-19(18)26-16-5-3-4-6-16)27-20-8-7-17(14-24-20)28-11-9-23-10-12-28/h7-8,13-16,23H,2-6,9-12H2,1H3,(H2,24,25,26,27). The molecule has 0 atom stereocenters. The lowest BCUT2D eigenvalue weighted by Gasteiger charge is -2.29. The van der Waals surface area contributed by atoms with Crippen molar-refractivity contribution in [3.63, 3.8) is 0 Å². The molecular weight excluding hydrogens is 380 g/mol. The summed E-state index contributed by atoms with van der Waals surface area (Å²) in [5, 5.41) is 10.1. The molecule has 1 saturated heterocycles. The minimum atomic E-state index is -0.351. The van der Waals surface area contributed by atoms with Crippen LogP contribution in [0.25, 0.3) is 0 Å². The van der Waals surface area contributed by atoms with Gasteiger partial charge in [-0.15, -0.1) is 0 Å². The summed E-state index contributed by atoms with van der Waals surface area (Å²) < 4.78 is 5.20. The number of carbonyl (C=O) groups excluding carboxylic acids is 1. The summed E-state index contributed by atoms with van der Waals surface area (Å²) in [6.07, 6.45) is 8.12. The number of hydrogen-bond donors (Lipinski definition) is 3. The van der Waals surface area contributed by atoms with E-state index in [0.29, 0.717) is 24.0 Å². The van der Waals surface area contributed by atoms with Crippen molar-refractivity contribution in [2.24, 2.45) is 0 Å². The van der Waals surface area contributed by atoms with Gasteiger partial charge >= 0.3 is 5.97 Å². The van der Waals surface area contributed by atoms with Crippen molar-refractivity contribution in [3.8, 4) is 0 Å². The number of piperazine rings is 1. The molecule has 1 saturated carbocycles. The fourth-order valence-corrected chi connectivity index (χ4v) is 4.01. The number of carbonyl (C=O) groups is 1. The Morgan fingerprint density at radius 1 is 1.17 bits per heavy atom. The summed E-state index contributed by atoms with van der Waals surface area (Å²) in [5.41, 5.74) is 2.35. The highest BCUT2D eigenvalue weighted by molar-refractivity contribution is 5.96. The fraction of sp³-hybridized carbons (Fsp3) is 0.500. The fourth-order valence-electron chi connectivity index (χ4n) is 4.01. The maximum absolute atomic E-state index is 12.4. The molecule has 30 heavy (non-hydrogen) atoms. The van der Waals surface area contributed by atoms with E-state index in [-0.39, 0.29) is 5.97 Å². The minimum Gasteiger partial charge on any atom is -0.462 e. The second-order valence-electron chi connectivity index (χ2n) is 7.73. The van der Waals surface area contributed by atoms with Gasteiger partial charge in [0.05, 0.1) is 24.2 Å². The van der Waals surface area contributed by atoms with E-state index in [1.807, 2.05) is 18.3 Å². The van der Waals surface area contributed by atoms with Crippen molar-refractivity contribution in [1.82, 2.24) is 15.3 Å². The number of hydrogen-bond acceptors (Lipinski definition) is 8. The zero-order valence-electron chi connectivity index (χ0n) is 17.5. The molecule has 160 valence electrons. The number of ether oxygens (including phenoxy) is 1. The van der Waals surface area contributed by atoms with Gasteiger partial charge in [0.15, 0.2) is 0 Å². The van der Waals surface area contributed by atoms with Crippen molar-refractivity contribution in [2.45, 2.75) is 38.6 Å². The summed E-state index contributed by atoms with van der Waals surface area (Å²) in [7, 11) is 0. The first kappa shape index (κ1) is 20.4. The van der Waals surface area contributed by atoms with Gasteiger partial charge in [0.2, 0.25) is 0 Å². The monoisotopic (exact) mass is 410 g/mol. The van der Waals surface area contributed by atoms with E-state index in [4.69, 9.17) is 4.74 Å². The van der Waals surface area contributed by atoms with Crippen LogP contribution in [0.4, 0.5) is 23.0 Å². The zero-order chi connectivity index (χ0) is 20.8. The second-order valence-corrected chi connectivity index (χ2v) is 7.73. The molecule has 2 fully saturated rings. The van der Waals surface area contributed by atoms with E-state index in [0.717, 1.165) is 56.2 Å². The molecule has 3 heterocycles. The molecule has 0 radical (unpaired) electrons. The Labute approximate surface area is 177 Å². The molecule has 4 rings (SSSR count). The lowest BCUT2D eigenvalue weighted by atomic mass is 10.2. The third-order valence-electron chi connectivity index (χ3n) is 5.60. The molecule has 1 aliphatic carbocycles. The molecule has 1 aliphatic heterocycles. The zero-order valence-corrected chi connectivity index (χ0v) is 17.5. The quantitative estimate of drug-likeness (QED) is 0.600. The van der Waals surface area contributed by atoms with Crippen LogP contribution in [-0.2, 0) is 4.74 Å². The number of anilines is 4. The lowest BCUT2D eigenvalue weighted by Crippen LogP contribution is -2.43. The third kappa shape index (κ3) is 4.99. The van der Waals surface area contributed by atoms with Gasteiger partial charge in [0.1, 0.15) is 17.2 Å². The highest BCUT2D eigenvalue weighted by Crippen LogP contribution is 2.27. The highest BCUT2D eigenvalue weighted by atomic mass is 16.5. The third-order valence-corrected chi connectivity index (χ3v) is 5.60. The number of esters is 1. The molecule has 3 N–H and O–H groups in total. The summed E-state index contributed by atoms with van der Waals surface area (Å²) in [6.45, 7) is 6.11. The van der Waals surface area contributed by atoms with Crippen LogP contribution in [0.2, 0.25) is 0 Å². The SMILES string of the molecule is CCOC(=O)c1cnc(Nc2ccc(N3CCNCC3)cn2)cc1NC1CCCC1. The Bertz CT molecular complexity index is 845. The molecule has 2 aromatic rings. The second kappa shape index (κ2) is 9.75. The van der Waals surface area contributed by atoms with Gasteiger partial charge < -0.3 is 25.6 Å². The number of rotatable bonds is 7. The first-order valence-corrected chi connectivity index (χ1v) is 10.9. The van der Waals surface area contributed by atoms with Gasteiger partial charge in [-0.2, -0.15) is 0 Å². The van der Waals surface area contributed by atoms with E-state index < -0.39 is 0 Å². The van der Waals surface area contributed by atoms with E-state index in [9.17, 15) is 4.79 Å². The first-order chi connectivity index (χ1) is 14.7. The van der Waals surface area contributed by atoms with Crippen LogP contribution in [0.3, 0.4) is 0 Å². The predicted molar refractivity (Wildman–Crippen MR) is 119 cm³/mol. The molecule has 8 nitrogen and oxygen atoms in total. The minimum absolute atomic E-state index is 0.338. The van der Waals surface area contributed by atoms with Crippen molar-refractivity contribution in [1.29, 1.82) is 0 Å². The summed E-state index contributed by atoms with van der Waals surface area (Å²) >= 11 is 0. The van der Waals surface area contributed by atoms with E-state index in [1.165, 1.54) is 12.8 Å². The molecule has 2 aliphatic rings. The summed E-state index contributed by atoms with van der Waals surface area (Å²) in [5.74, 6) is 1.01. The van der Waals surface area contributed by atoms with Crippen LogP contribution in [-0.4, -0.2) is 54.8 Å². The van der Waals surface area contributed by atoms with Crippen molar-refractivity contribution in [3.05, 3.63) is 36.2 Å². The van der Waals surface area contributed by atoms with Crippen LogP contribution in [0.1, 0.15) is 43.0 Å². The van der Waals surface area contributed by atoms with Crippen molar-refractivity contribution >= 4 is 29.0 Å². The van der Waals surface area contributed by atoms with Crippen LogP contribution in [0.15, 0.2) is 30.6 Å².